The highest BCUT2D eigenvalue weighted by atomic mass is 35.5. The van der Waals surface area contributed by atoms with Crippen molar-refractivity contribution in [3.63, 3.8) is 0 Å². The average molecular weight is 309 g/mol. The molecule has 2 aliphatic rings. The summed E-state index contributed by atoms with van der Waals surface area (Å²) in [5.41, 5.74) is 2.87. The molecule has 0 amide bonds. The quantitative estimate of drug-likeness (QED) is 0.905. The Labute approximate surface area is 127 Å². The lowest BCUT2D eigenvalue weighted by atomic mass is 10.0. The van der Waals surface area contributed by atoms with Gasteiger partial charge in [-0.3, -0.25) is 10.00 Å². The third-order valence-corrected chi connectivity index (χ3v) is 4.83. The maximum atomic E-state index is 6.26. The smallest absolute Gasteiger partial charge is 0.0951 e. The van der Waals surface area contributed by atoms with Crippen molar-refractivity contribution < 1.29 is 4.74 Å². The van der Waals surface area contributed by atoms with Crippen molar-refractivity contribution in [1.82, 2.24) is 30.1 Å². The summed E-state index contributed by atoms with van der Waals surface area (Å²) >= 11 is 6.26. The number of rotatable bonds is 2. The number of hydrogen-bond donors (Lipinski definition) is 1. The van der Waals surface area contributed by atoms with Crippen LogP contribution in [0.3, 0.4) is 0 Å². The second-order valence-corrected chi connectivity index (χ2v) is 6.10. The molecule has 0 aromatic carbocycles. The van der Waals surface area contributed by atoms with Crippen LogP contribution in [0.2, 0.25) is 5.02 Å². The first-order valence-electron chi connectivity index (χ1n) is 7.14. The van der Waals surface area contributed by atoms with Crippen molar-refractivity contribution >= 4 is 11.6 Å². The van der Waals surface area contributed by atoms with E-state index in [9.17, 15) is 0 Å². The molecular formula is C13H17ClN6O. The Balaban J connectivity index is 1.52. The number of H-pyrrole nitrogens is 1. The monoisotopic (exact) mass is 308 g/mol. The van der Waals surface area contributed by atoms with Crippen LogP contribution < -0.4 is 0 Å². The third kappa shape index (κ3) is 2.25. The minimum Gasteiger partial charge on any atom is -0.370 e. The molecule has 2 aromatic heterocycles. The fraction of sp³-hybridized carbons (Fsp3) is 0.615. The molecule has 1 N–H and O–H groups in total. The summed E-state index contributed by atoms with van der Waals surface area (Å²) < 4.78 is 7.93. The lowest BCUT2D eigenvalue weighted by Gasteiger charge is -2.40. The Morgan fingerprint density at radius 3 is 3.24 bits per heavy atom. The molecule has 8 heteroatoms. The van der Waals surface area contributed by atoms with Gasteiger partial charge in [0.2, 0.25) is 0 Å². The molecular weight excluding hydrogens is 292 g/mol. The zero-order valence-corrected chi connectivity index (χ0v) is 12.5. The number of fused-ring (bicyclic) bond motifs is 3. The zero-order valence-electron chi connectivity index (χ0n) is 11.8. The van der Waals surface area contributed by atoms with Crippen LogP contribution in [-0.2, 0) is 17.9 Å². The third-order valence-electron chi connectivity index (χ3n) is 4.33. The highest BCUT2D eigenvalue weighted by Crippen LogP contribution is 2.31. The van der Waals surface area contributed by atoms with Gasteiger partial charge in [0, 0.05) is 19.6 Å². The van der Waals surface area contributed by atoms with Crippen LogP contribution in [0.15, 0.2) is 6.20 Å². The highest BCUT2D eigenvalue weighted by molar-refractivity contribution is 6.31. The predicted molar refractivity (Wildman–Crippen MR) is 75.9 cm³/mol. The number of nitrogens with zero attached hydrogens (tertiary/aromatic N) is 5. The van der Waals surface area contributed by atoms with Crippen molar-refractivity contribution in [2.75, 3.05) is 13.1 Å². The predicted octanol–water partition coefficient (Wildman–Crippen LogP) is 1.31. The number of likely N-dealkylation sites (tertiary alicyclic amines) is 1. The van der Waals surface area contributed by atoms with Crippen molar-refractivity contribution in [2.24, 2.45) is 0 Å². The molecule has 7 nitrogen and oxygen atoms in total. The molecule has 4 rings (SSSR count). The number of aromatic amines is 1. The van der Waals surface area contributed by atoms with Crippen LogP contribution in [0.1, 0.15) is 29.5 Å². The molecule has 2 aromatic rings. The largest absolute Gasteiger partial charge is 0.370 e. The van der Waals surface area contributed by atoms with Gasteiger partial charge in [0.25, 0.3) is 0 Å². The SMILES string of the molecule is Cc1[nH]nc(CN2CC[C@@H]3OCc4cnnn4[C@H]3C2)c1Cl. The number of halogens is 1. The fourth-order valence-electron chi connectivity index (χ4n) is 3.17. The molecule has 0 bridgehead atoms. The molecule has 21 heavy (non-hydrogen) atoms. The van der Waals surface area contributed by atoms with Crippen LogP contribution in [0.5, 0.6) is 0 Å². The van der Waals surface area contributed by atoms with E-state index in [-0.39, 0.29) is 12.1 Å². The van der Waals surface area contributed by atoms with E-state index in [0.29, 0.717) is 6.61 Å². The number of nitrogens with one attached hydrogen (secondary N) is 1. The van der Waals surface area contributed by atoms with E-state index in [0.717, 1.165) is 48.2 Å². The Hall–Kier alpha value is -1.44. The summed E-state index contributed by atoms with van der Waals surface area (Å²) in [5.74, 6) is 0. The normalized spacial score (nSPS) is 25.6. The number of hydrogen-bond acceptors (Lipinski definition) is 5. The molecule has 0 radical (unpaired) electrons. The van der Waals surface area contributed by atoms with Gasteiger partial charge in [-0.05, 0) is 13.3 Å². The summed E-state index contributed by atoms with van der Waals surface area (Å²) in [5, 5.41) is 16.2. The van der Waals surface area contributed by atoms with Gasteiger partial charge in [0.15, 0.2) is 0 Å². The second-order valence-electron chi connectivity index (χ2n) is 5.72. The van der Waals surface area contributed by atoms with Crippen LogP contribution in [-0.4, -0.2) is 49.3 Å². The molecule has 0 saturated carbocycles. The van der Waals surface area contributed by atoms with E-state index in [1.807, 2.05) is 11.6 Å². The van der Waals surface area contributed by atoms with E-state index >= 15 is 0 Å². The van der Waals surface area contributed by atoms with Crippen molar-refractivity contribution in [1.29, 1.82) is 0 Å². The van der Waals surface area contributed by atoms with Crippen LogP contribution in [0.25, 0.3) is 0 Å². The number of piperidine rings is 1. The molecule has 2 atom stereocenters. The fourth-order valence-corrected chi connectivity index (χ4v) is 3.32. The Kier molecular flexibility index (Phi) is 3.20. The summed E-state index contributed by atoms with van der Waals surface area (Å²) in [6.45, 7) is 5.15. The second kappa shape index (κ2) is 5.08. The molecule has 1 saturated heterocycles. The molecule has 0 unspecified atom stereocenters. The Bertz CT molecular complexity index is 653. The van der Waals surface area contributed by atoms with Gasteiger partial charge in [0.1, 0.15) is 0 Å². The van der Waals surface area contributed by atoms with Gasteiger partial charge < -0.3 is 4.74 Å². The minimum atomic E-state index is 0.226. The summed E-state index contributed by atoms with van der Waals surface area (Å²) in [6.07, 6.45) is 3.00. The minimum absolute atomic E-state index is 0.226. The average Bonchev–Trinajstić information content (AvgIpc) is 3.09. The lowest BCUT2D eigenvalue weighted by Crippen LogP contribution is -2.47. The van der Waals surface area contributed by atoms with E-state index in [1.54, 1.807) is 6.20 Å². The molecule has 112 valence electrons. The molecule has 0 spiro atoms. The zero-order chi connectivity index (χ0) is 14.4. The molecule has 2 aliphatic heterocycles. The van der Waals surface area contributed by atoms with Crippen molar-refractivity contribution in [2.45, 2.75) is 38.6 Å². The maximum Gasteiger partial charge on any atom is 0.0951 e. The summed E-state index contributed by atoms with van der Waals surface area (Å²) in [7, 11) is 0. The maximum absolute atomic E-state index is 6.26. The van der Waals surface area contributed by atoms with Crippen molar-refractivity contribution in [3.05, 3.63) is 28.3 Å². The molecule has 0 aliphatic carbocycles. The van der Waals surface area contributed by atoms with Gasteiger partial charge in [-0.1, -0.05) is 16.8 Å². The van der Waals surface area contributed by atoms with Gasteiger partial charge in [-0.2, -0.15) is 5.10 Å². The first kappa shape index (κ1) is 13.2. The van der Waals surface area contributed by atoms with Crippen LogP contribution in [0.4, 0.5) is 0 Å². The van der Waals surface area contributed by atoms with Crippen LogP contribution in [0, 0.1) is 6.92 Å². The summed E-state index contributed by atoms with van der Waals surface area (Å²) in [4.78, 5) is 2.35. The van der Waals surface area contributed by atoms with Gasteiger partial charge in [-0.25, -0.2) is 4.68 Å². The van der Waals surface area contributed by atoms with Gasteiger partial charge >= 0.3 is 0 Å². The summed E-state index contributed by atoms with van der Waals surface area (Å²) in [6, 6.07) is 0.226. The standard InChI is InChI=1S/C13H17ClN6O/c1-8-13(14)10(17-16-8)5-19-3-2-12-11(6-19)20-9(7-21-12)4-15-18-20/h4,11-12H,2-3,5-7H2,1H3,(H,16,17)/t11-,12-/m0/s1. The Morgan fingerprint density at radius 2 is 2.43 bits per heavy atom. The van der Waals surface area contributed by atoms with Gasteiger partial charge in [-0.15, -0.1) is 5.10 Å². The van der Waals surface area contributed by atoms with E-state index in [1.165, 1.54) is 0 Å². The number of aryl methyl sites for hydroxylation is 1. The first-order chi connectivity index (χ1) is 10.2. The number of ether oxygens (including phenoxy) is 1. The topological polar surface area (TPSA) is 71.9 Å². The number of aromatic nitrogens is 5. The van der Waals surface area contributed by atoms with Gasteiger partial charge in [0.05, 0.1) is 47.1 Å². The van der Waals surface area contributed by atoms with E-state index < -0.39 is 0 Å². The highest BCUT2D eigenvalue weighted by Gasteiger charge is 2.36. The Morgan fingerprint density at radius 1 is 1.52 bits per heavy atom. The molecule has 1 fully saturated rings. The van der Waals surface area contributed by atoms with E-state index in [4.69, 9.17) is 16.3 Å². The lowest BCUT2D eigenvalue weighted by molar-refractivity contribution is -0.0671. The first-order valence-corrected chi connectivity index (χ1v) is 7.52. The van der Waals surface area contributed by atoms with Crippen molar-refractivity contribution in [3.8, 4) is 0 Å². The van der Waals surface area contributed by atoms with E-state index in [2.05, 4.69) is 25.4 Å². The molecule has 4 heterocycles. The van der Waals surface area contributed by atoms with Crippen LogP contribution >= 0.6 is 11.6 Å².